The van der Waals surface area contributed by atoms with Crippen molar-refractivity contribution in [2.45, 2.75) is 6.54 Å². The van der Waals surface area contributed by atoms with Gasteiger partial charge in [-0.25, -0.2) is 0 Å². The molecule has 1 fully saturated rings. The number of nitrogens with two attached hydrogens (primary N) is 1. The molecule has 2 N–H and O–H groups in total. The molecule has 0 aromatic heterocycles. The molecule has 25 heavy (non-hydrogen) atoms. The molecule has 0 bridgehead atoms. The number of methoxy groups -OCH3 is 1. The van der Waals surface area contributed by atoms with Crippen molar-refractivity contribution in [2.75, 3.05) is 39.0 Å². The zero-order valence-corrected chi connectivity index (χ0v) is 15.0. The smallest absolute Gasteiger partial charge is 0.257 e. The maximum atomic E-state index is 12.8. The monoisotopic (exact) mass is 359 g/mol. The molecule has 0 saturated carbocycles. The molecule has 0 spiro atoms. The number of ether oxygens (including phenoxy) is 1. The van der Waals surface area contributed by atoms with E-state index in [-0.39, 0.29) is 5.91 Å². The van der Waals surface area contributed by atoms with Crippen molar-refractivity contribution >= 4 is 23.2 Å². The molecule has 0 aliphatic carbocycles. The second-order valence-electron chi connectivity index (χ2n) is 6.13. The van der Waals surface area contributed by atoms with Crippen molar-refractivity contribution < 1.29 is 9.53 Å². The number of carbonyl (C=O) groups is 1. The van der Waals surface area contributed by atoms with Crippen LogP contribution in [0.5, 0.6) is 5.75 Å². The molecule has 5 nitrogen and oxygen atoms in total. The summed E-state index contributed by atoms with van der Waals surface area (Å²) in [5, 5.41) is 0.367. The van der Waals surface area contributed by atoms with Gasteiger partial charge in [0, 0.05) is 38.8 Å². The van der Waals surface area contributed by atoms with Crippen LogP contribution in [0.1, 0.15) is 15.9 Å². The van der Waals surface area contributed by atoms with Gasteiger partial charge in [-0.15, -0.1) is 0 Å². The normalized spacial score (nSPS) is 15.2. The van der Waals surface area contributed by atoms with Crippen LogP contribution in [-0.2, 0) is 6.54 Å². The van der Waals surface area contributed by atoms with Crippen molar-refractivity contribution in [3.8, 4) is 5.75 Å². The summed E-state index contributed by atoms with van der Waals surface area (Å²) in [4.78, 5) is 17.0. The highest BCUT2D eigenvalue weighted by atomic mass is 35.5. The van der Waals surface area contributed by atoms with Crippen LogP contribution in [0.15, 0.2) is 42.5 Å². The molecular weight excluding hydrogens is 338 g/mol. The number of halogens is 1. The Labute approximate surface area is 152 Å². The molecule has 1 aliphatic rings. The number of anilines is 1. The number of rotatable bonds is 4. The van der Waals surface area contributed by atoms with Crippen LogP contribution in [0.2, 0.25) is 5.02 Å². The average Bonchev–Trinajstić information content (AvgIpc) is 2.64. The highest BCUT2D eigenvalue weighted by Gasteiger charge is 2.25. The van der Waals surface area contributed by atoms with Crippen molar-refractivity contribution in [3.63, 3.8) is 0 Å². The van der Waals surface area contributed by atoms with Crippen molar-refractivity contribution in [1.29, 1.82) is 0 Å². The first-order valence-corrected chi connectivity index (χ1v) is 8.65. The van der Waals surface area contributed by atoms with Crippen LogP contribution in [-0.4, -0.2) is 49.0 Å². The number of piperazine rings is 1. The lowest BCUT2D eigenvalue weighted by atomic mass is 10.1. The summed E-state index contributed by atoms with van der Waals surface area (Å²) in [5.74, 6) is 0.386. The van der Waals surface area contributed by atoms with Gasteiger partial charge in [-0.2, -0.15) is 0 Å². The van der Waals surface area contributed by atoms with Crippen LogP contribution in [0.25, 0.3) is 0 Å². The third-order valence-corrected chi connectivity index (χ3v) is 4.79. The number of hydrogen-bond acceptors (Lipinski definition) is 4. The van der Waals surface area contributed by atoms with E-state index in [2.05, 4.69) is 17.0 Å². The maximum absolute atomic E-state index is 12.8. The lowest BCUT2D eigenvalue weighted by Crippen LogP contribution is -2.48. The van der Waals surface area contributed by atoms with E-state index in [0.29, 0.717) is 35.1 Å². The topological polar surface area (TPSA) is 58.8 Å². The summed E-state index contributed by atoms with van der Waals surface area (Å²) in [6, 6.07) is 13.6. The summed E-state index contributed by atoms with van der Waals surface area (Å²) >= 11 is 6.08. The second kappa shape index (κ2) is 7.76. The zero-order valence-electron chi connectivity index (χ0n) is 14.2. The summed E-state index contributed by atoms with van der Waals surface area (Å²) in [6.07, 6.45) is 0. The molecule has 6 heteroatoms. The Bertz CT molecular complexity index is 744. The summed E-state index contributed by atoms with van der Waals surface area (Å²) < 4.78 is 5.30. The minimum atomic E-state index is -0.0712. The standard InChI is InChI=1S/C19H22ClN3O2/c1-25-18-12-17(21)16(20)11-15(18)19(24)23-9-7-22(8-10-23)13-14-5-3-2-4-6-14/h2-6,11-12H,7-10,13,21H2,1H3. The number of nitrogen functional groups attached to an aromatic ring is 1. The molecule has 1 saturated heterocycles. The van der Waals surface area contributed by atoms with Gasteiger partial charge in [-0.1, -0.05) is 41.9 Å². The number of carbonyl (C=O) groups excluding carboxylic acids is 1. The second-order valence-corrected chi connectivity index (χ2v) is 6.54. The van der Waals surface area contributed by atoms with Crippen LogP contribution in [0.4, 0.5) is 5.69 Å². The van der Waals surface area contributed by atoms with E-state index in [4.69, 9.17) is 22.1 Å². The largest absolute Gasteiger partial charge is 0.496 e. The van der Waals surface area contributed by atoms with Gasteiger partial charge in [-0.3, -0.25) is 9.69 Å². The van der Waals surface area contributed by atoms with E-state index in [1.165, 1.54) is 12.7 Å². The van der Waals surface area contributed by atoms with Crippen molar-refractivity contribution in [2.24, 2.45) is 0 Å². The first kappa shape index (κ1) is 17.6. The van der Waals surface area contributed by atoms with Gasteiger partial charge in [0.25, 0.3) is 5.91 Å². The third-order valence-electron chi connectivity index (χ3n) is 4.46. The number of benzene rings is 2. The molecule has 1 aliphatic heterocycles. The van der Waals surface area contributed by atoms with Gasteiger partial charge < -0.3 is 15.4 Å². The minimum Gasteiger partial charge on any atom is -0.496 e. The maximum Gasteiger partial charge on any atom is 0.257 e. The Morgan fingerprint density at radius 1 is 1.16 bits per heavy atom. The van der Waals surface area contributed by atoms with Crippen LogP contribution in [0.3, 0.4) is 0 Å². The molecule has 1 amide bonds. The third kappa shape index (κ3) is 4.06. The van der Waals surface area contributed by atoms with E-state index < -0.39 is 0 Å². The number of hydrogen-bond donors (Lipinski definition) is 1. The first-order chi connectivity index (χ1) is 12.1. The molecule has 1 heterocycles. The fraction of sp³-hybridized carbons (Fsp3) is 0.316. The molecule has 3 rings (SSSR count). The Hall–Kier alpha value is -2.24. The van der Waals surface area contributed by atoms with Gasteiger partial charge in [0.15, 0.2) is 0 Å². The highest BCUT2D eigenvalue weighted by Crippen LogP contribution is 2.30. The van der Waals surface area contributed by atoms with Crippen LogP contribution < -0.4 is 10.5 Å². The highest BCUT2D eigenvalue weighted by molar-refractivity contribution is 6.33. The molecule has 0 unspecified atom stereocenters. The Morgan fingerprint density at radius 3 is 2.48 bits per heavy atom. The predicted octanol–water partition coefficient (Wildman–Crippen LogP) is 2.89. The fourth-order valence-electron chi connectivity index (χ4n) is 3.03. The zero-order chi connectivity index (χ0) is 17.8. The van der Waals surface area contributed by atoms with Gasteiger partial charge in [0.2, 0.25) is 0 Å². The van der Waals surface area contributed by atoms with E-state index in [1.807, 2.05) is 23.1 Å². The van der Waals surface area contributed by atoms with Crippen LogP contribution in [0, 0.1) is 0 Å². The number of amides is 1. The van der Waals surface area contributed by atoms with Crippen molar-refractivity contribution in [1.82, 2.24) is 9.80 Å². The number of nitrogens with zero attached hydrogens (tertiary/aromatic N) is 2. The Balaban J connectivity index is 1.65. The van der Waals surface area contributed by atoms with E-state index >= 15 is 0 Å². The molecule has 132 valence electrons. The molecule has 0 atom stereocenters. The summed E-state index contributed by atoms with van der Waals surface area (Å²) in [6.45, 7) is 3.94. The first-order valence-electron chi connectivity index (χ1n) is 8.27. The predicted molar refractivity (Wildman–Crippen MR) is 100 cm³/mol. The van der Waals surface area contributed by atoms with Gasteiger partial charge in [0.1, 0.15) is 5.75 Å². The SMILES string of the molecule is COc1cc(N)c(Cl)cc1C(=O)N1CCN(Cc2ccccc2)CC1. The summed E-state index contributed by atoms with van der Waals surface area (Å²) in [5.41, 5.74) is 7.94. The fourth-order valence-corrected chi connectivity index (χ4v) is 3.19. The molecule has 2 aromatic rings. The van der Waals surface area contributed by atoms with E-state index in [0.717, 1.165) is 19.6 Å². The Morgan fingerprint density at radius 2 is 1.84 bits per heavy atom. The van der Waals surface area contributed by atoms with Crippen molar-refractivity contribution in [3.05, 3.63) is 58.6 Å². The minimum absolute atomic E-state index is 0.0712. The summed E-state index contributed by atoms with van der Waals surface area (Å²) in [7, 11) is 1.53. The van der Waals surface area contributed by atoms with Crippen LogP contribution >= 0.6 is 11.6 Å². The van der Waals surface area contributed by atoms with E-state index in [1.54, 1.807) is 12.1 Å². The Kier molecular flexibility index (Phi) is 5.46. The quantitative estimate of drug-likeness (QED) is 0.853. The lowest BCUT2D eigenvalue weighted by molar-refractivity contribution is 0.0625. The molecule has 0 radical (unpaired) electrons. The van der Waals surface area contributed by atoms with E-state index in [9.17, 15) is 4.79 Å². The average molecular weight is 360 g/mol. The van der Waals surface area contributed by atoms with Gasteiger partial charge in [0.05, 0.1) is 23.4 Å². The van der Waals surface area contributed by atoms with Gasteiger partial charge >= 0.3 is 0 Å². The molecule has 2 aromatic carbocycles. The molecular formula is C19H22ClN3O2. The van der Waals surface area contributed by atoms with Gasteiger partial charge in [-0.05, 0) is 11.6 Å². The lowest BCUT2D eigenvalue weighted by Gasteiger charge is -2.35.